The van der Waals surface area contributed by atoms with Crippen LogP contribution in [0.3, 0.4) is 0 Å². The second kappa shape index (κ2) is 8.17. The summed E-state index contributed by atoms with van der Waals surface area (Å²) in [4.78, 5) is 30.0. The van der Waals surface area contributed by atoms with Crippen LogP contribution in [0.1, 0.15) is 31.0 Å². The molecule has 0 atom stereocenters. The summed E-state index contributed by atoms with van der Waals surface area (Å²) >= 11 is 1.26. The van der Waals surface area contributed by atoms with Crippen LogP contribution in [0.4, 0.5) is 24.0 Å². The maximum atomic E-state index is 13.0. The van der Waals surface area contributed by atoms with Gasteiger partial charge in [0.2, 0.25) is 11.8 Å². The van der Waals surface area contributed by atoms with Gasteiger partial charge in [-0.25, -0.2) is 4.98 Å². The Morgan fingerprint density at radius 2 is 2.18 bits per heavy atom. The number of carbonyl (C=O) groups is 2. The van der Waals surface area contributed by atoms with Crippen molar-refractivity contribution in [1.82, 2.24) is 4.98 Å². The molecule has 0 bridgehead atoms. The fourth-order valence-corrected chi connectivity index (χ4v) is 3.66. The quantitative estimate of drug-likeness (QED) is 0.781. The standard InChI is InChI=1S/C18H18F3N3O3S/c1-2-27-14-6-5-11(18(19,20)21)8-13(14)23-15(25)9-12-10-28-17(22-12)24-7-3-4-16(24)26/h5-6,8,10H,2-4,7,9H2,1H3,(H,23,25). The number of anilines is 2. The number of amides is 2. The van der Waals surface area contributed by atoms with Crippen molar-refractivity contribution in [3.63, 3.8) is 0 Å². The molecule has 150 valence electrons. The Kier molecular flexibility index (Phi) is 5.87. The molecule has 1 fully saturated rings. The van der Waals surface area contributed by atoms with Gasteiger partial charge in [-0.05, 0) is 31.5 Å². The molecule has 10 heteroatoms. The van der Waals surface area contributed by atoms with Crippen LogP contribution in [0, 0.1) is 0 Å². The number of rotatable bonds is 6. The number of ether oxygens (including phenoxy) is 1. The molecule has 1 N–H and O–H groups in total. The van der Waals surface area contributed by atoms with Gasteiger partial charge in [-0.1, -0.05) is 0 Å². The largest absolute Gasteiger partial charge is 0.492 e. The number of nitrogens with one attached hydrogen (secondary N) is 1. The highest BCUT2D eigenvalue weighted by atomic mass is 32.1. The lowest BCUT2D eigenvalue weighted by molar-refractivity contribution is -0.137. The van der Waals surface area contributed by atoms with Gasteiger partial charge in [0.05, 0.1) is 30.0 Å². The van der Waals surface area contributed by atoms with E-state index in [2.05, 4.69) is 10.3 Å². The van der Waals surface area contributed by atoms with E-state index in [9.17, 15) is 22.8 Å². The Hall–Kier alpha value is -2.62. The first-order valence-electron chi connectivity index (χ1n) is 8.66. The minimum Gasteiger partial charge on any atom is -0.492 e. The molecule has 1 aliphatic rings. The number of aromatic nitrogens is 1. The van der Waals surface area contributed by atoms with Crippen LogP contribution in [-0.2, 0) is 22.2 Å². The molecule has 2 amide bonds. The average molecular weight is 413 g/mol. The van der Waals surface area contributed by atoms with Crippen LogP contribution in [0.25, 0.3) is 0 Å². The maximum Gasteiger partial charge on any atom is 0.416 e. The summed E-state index contributed by atoms with van der Waals surface area (Å²) in [6, 6.07) is 2.93. The molecule has 28 heavy (non-hydrogen) atoms. The summed E-state index contributed by atoms with van der Waals surface area (Å²) in [5, 5.41) is 4.65. The van der Waals surface area contributed by atoms with Crippen LogP contribution in [-0.4, -0.2) is 29.9 Å². The maximum absolute atomic E-state index is 13.0. The van der Waals surface area contributed by atoms with Crippen molar-refractivity contribution < 1.29 is 27.5 Å². The number of hydrogen-bond acceptors (Lipinski definition) is 5. The van der Waals surface area contributed by atoms with Gasteiger partial charge < -0.3 is 10.1 Å². The number of carbonyl (C=O) groups excluding carboxylic acids is 2. The summed E-state index contributed by atoms with van der Waals surface area (Å²) < 4.78 is 44.2. The zero-order valence-corrected chi connectivity index (χ0v) is 15.8. The predicted molar refractivity (Wildman–Crippen MR) is 98.6 cm³/mol. The highest BCUT2D eigenvalue weighted by molar-refractivity contribution is 7.14. The summed E-state index contributed by atoms with van der Waals surface area (Å²) in [6.45, 7) is 2.53. The first-order chi connectivity index (χ1) is 13.3. The van der Waals surface area contributed by atoms with Gasteiger partial charge in [-0.15, -0.1) is 11.3 Å². The summed E-state index contributed by atoms with van der Waals surface area (Å²) in [6.07, 6.45) is -3.41. The normalized spacial score (nSPS) is 14.4. The fraction of sp³-hybridized carbons (Fsp3) is 0.389. The summed E-state index contributed by atoms with van der Waals surface area (Å²) in [7, 11) is 0. The number of hydrogen-bond donors (Lipinski definition) is 1. The predicted octanol–water partition coefficient (Wildman–Crippen LogP) is 3.87. The summed E-state index contributed by atoms with van der Waals surface area (Å²) in [5.74, 6) is -0.369. The SMILES string of the molecule is CCOc1ccc(C(F)(F)F)cc1NC(=O)Cc1csc(N2CCCC2=O)n1. The number of nitrogens with zero attached hydrogens (tertiary/aromatic N) is 2. The molecule has 1 saturated heterocycles. The molecule has 6 nitrogen and oxygen atoms in total. The Morgan fingerprint density at radius 1 is 1.39 bits per heavy atom. The van der Waals surface area contributed by atoms with Crippen molar-refractivity contribution in [1.29, 1.82) is 0 Å². The van der Waals surface area contributed by atoms with E-state index < -0.39 is 17.6 Å². The van der Waals surface area contributed by atoms with E-state index in [1.54, 1.807) is 17.2 Å². The fourth-order valence-electron chi connectivity index (χ4n) is 2.80. The molecule has 1 aromatic heterocycles. The van der Waals surface area contributed by atoms with E-state index in [4.69, 9.17) is 4.74 Å². The van der Waals surface area contributed by atoms with Gasteiger partial charge in [0.25, 0.3) is 0 Å². The molecule has 0 unspecified atom stereocenters. The molecule has 0 radical (unpaired) electrons. The molecule has 1 aromatic carbocycles. The molecule has 3 rings (SSSR count). The lowest BCUT2D eigenvalue weighted by atomic mass is 10.1. The monoisotopic (exact) mass is 413 g/mol. The van der Waals surface area contributed by atoms with Crippen molar-refractivity contribution in [3.05, 3.63) is 34.8 Å². The molecule has 2 heterocycles. The van der Waals surface area contributed by atoms with E-state index in [0.29, 0.717) is 23.8 Å². The van der Waals surface area contributed by atoms with Gasteiger partial charge in [0.15, 0.2) is 5.13 Å². The summed E-state index contributed by atoms with van der Waals surface area (Å²) in [5.41, 5.74) is -0.483. The number of thiazole rings is 1. The van der Waals surface area contributed by atoms with E-state index >= 15 is 0 Å². The number of alkyl halides is 3. The molecule has 0 spiro atoms. The van der Waals surface area contributed by atoms with Gasteiger partial charge in [0, 0.05) is 18.3 Å². The van der Waals surface area contributed by atoms with Crippen LogP contribution in [0.2, 0.25) is 0 Å². The van der Waals surface area contributed by atoms with Gasteiger partial charge in [-0.3, -0.25) is 14.5 Å². The Morgan fingerprint density at radius 3 is 2.82 bits per heavy atom. The highest BCUT2D eigenvalue weighted by Crippen LogP contribution is 2.35. The van der Waals surface area contributed by atoms with E-state index in [0.717, 1.165) is 18.6 Å². The molecule has 1 aliphatic heterocycles. The van der Waals surface area contributed by atoms with Crippen molar-refractivity contribution >= 4 is 34.0 Å². The van der Waals surface area contributed by atoms with E-state index in [-0.39, 0.29) is 30.4 Å². The van der Waals surface area contributed by atoms with E-state index in [1.807, 2.05) is 0 Å². The van der Waals surface area contributed by atoms with Gasteiger partial charge >= 0.3 is 6.18 Å². The molecule has 0 aliphatic carbocycles. The molecule has 0 saturated carbocycles. The van der Waals surface area contributed by atoms with Crippen LogP contribution in [0.15, 0.2) is 23.6 Å². The van der Waals surface area contributed by atoms with Gasteiger partial charge in [0.1, 0.15) is 5.75 Å². The van der Waals surface area contributed by atoms with Crippen molar-refractivity contribution in [2.24, 2.45) is 0 Å². The van der Waals surface area contributed by atoms with E-state index in [1.165, 1.54) is 17.4 Å². The first kappa shape index (κ1) is 20.1. The average Bonchev–Trinajstić information content (AvgIpc) is 3.24. The first-order valence-corrected chi connectivity index (χ1v) is 9.54. The second-order valence-electron chi connectivity index (χ2n) is 6.14. The highest BCUT2D eigenvalue weighted by Gasteiger charge is 2.31. The second-order valence-corrected chi connectivity index (χ2v) is 6.97. The lowest BCUT2D eigenvalue weighted by Crippen LogP contribution is -2.23. The van der Waals surface area contributed by atoms with Crippen LogP contribution in [0.5, 0.6) is 5.75 Å². The van der Waals surface area contributed by atoms with Gasteiger partial charge in [-0.2, -0.15) is 13.2 Å². The number of benzene rings is 1. The molecular weight excluding hydrogens is 395 g/mol. The Balaban J connectivity index is 1.72. The van der Waals surface area contributed by atoms with Crippen molar-refractivity contribution in [2.75, 3.05) is 23.4 Å². The zero-order chi connectivity index (χ0) is 20.3. The minimum absolute atomic E-state index is 0.00401. The third-order valence-electron chi connectivity index (χ3n) is 4.07. The Labute approximate surface area is 163 Å². The van der Waals surface area contributed by atoms with Crippen LogP contribution < -0.4 is 15.0 Å². The van der Waals surface area contributed by atoms with Crippen molar-refractivity contribution in [2.45, 2.75) is 32.4 Å². The third kappa shape index (κ3) is 4.61. The smallest absolute Gasteiger partial charge is 0.416 e. The number of halogens is 3. The molecule has 2 aromatic rings. The minimum atomic E-state index is -4.53. The van der Waals surface area contributed by atoms with Crippen LogP contribution >= 0.6 is 11.3 Å². The van der Waals surface area contributed by atoms with Crippen molar-refractivity contribution in [3.8, 4) is 5.75 Å². The molecular formula is C18H18F3N3O3S. The zero-order valence-electron chi connectivity index (χ0n) is 15.0. The lowest BCUT2D eigenvalue weighted by Gasteiger charge is -2.14. The topological polar surface area (TPSA) is 71.5 Å². The Bertz CT molecular complexity index is 882. The third-order valence-corrected chi connectivity index (χ3v) is 4.98.